The van der Waals surface area contributed by atoms with Gasteiger partial charge in [-0.05, 0) is 25.5 Å². The van der Waals surface area contributed by atoms with Gasteiger partial charge in [-0.2, -0.15) is 0 Å². The third-order valence-electron chi connectivity index (χ3n) is 5.23. The molecule has 0 spiro atoms. The first-order valence-electron chi connectivity index (χ1n) is 9.11. The second-order valence-corrected chi connectivity index (χ2v) is 9.18. The van der Waals surface area contributed by atoms with Gasteiger partial charge in [0, 0.05) is 38.8 Å². The molecule has 2 aliphatic rings. The van der Waals surface area contributed by atoms with Gasteiger partial charge in [-0.25, -0.2) is 12.8 Å². The highest BCUT2D eigenvalue weighted by molar-refractivity contribution is 7.91. The van der Waals surface area contributed by atoms with Gasteiger partial charge in [0.1, 0.15) is 5.82 Å². The van der Waals surface area contributed by atoms with Crippen molar-refractivity contribution < 1.29 is 17.6 Å². The molecule has 1 aromatic rings. The summed E-state index contributed by atoms with van der Waals surface area (Å²) in [6.07, 6.45) is 0.531. The maximum absolute atomic E-state index is 13.9. The molecule has 0 aromatic heterocycles. The molecule has 0 aliphatic carbocycles. The molecule has 0 N–H and O–H groups in total. The summed E-state index contributed by atoms with van der Waals surface area (Å²) in [4.78, 5) is 18.4. The lowest BCUT2D eigenvalue weighted by Gasteiger charge is -2.37. The van der Waals surface area contributed by atoms with Crippen LogP contribution in [-0.2, 0) is 14.6 Å². The van der Waals surface area contributed by atoms with Crippen molar-refractivity contribution in [3.8, 4) is 0 Å². The number of anilines is 1. The number of likely N-dealkylation sites (N-methyl/N-ethyl adjacent to an activating group) is 1. The molecule has 144 valence electrons. The maximum atomic E-state index is 13.9. The quantitative estimate of drug-likeness (QED) is 0.759. The summed E-state index contributed by atoms with van der Waals surface area (Å²) >= 11 is 0. The SMILES string of the molecule is CCN(C(=O)CN1CCN(c2ccccc2F)CC1)C1CCS(=O)(=O)C1. The lowest BCUT2D eigenvalue weighted by Crippen LogP contribution is -2.52. The minimum Gasteiger partial charge on any atom is -0.367 e. The van der Waals surface area contributed by atoms with Crippen LogP contribution in [0.1, 0.15) is 13.3 Å². The fraction of sp³-hybridized carbons (Fsp3) is 0.611. The van der Waals surface area contributed by atoms with Gasteiger partial charge in [-0.1, -0.05) is 12.1 Å². The number of carbonyl (C=O) groups excluding carboxylic acids is 1. The number of hydrogen-bond donors (Lipinski definition) is 0. The van der Waals surface area contributed by atoms with Crippen molar-refractivity contribution in [2.45, 2.75) is 19.4 Å². The third kappa shape index (κ3) is 4.35. The van der Waals surface area contributed by atoms with Gasteiger partial charge in [0.2, 0.25) is 5.91 Å². The zero-order valence-electron chi connectivity index (χ0n) is 15.1. The van der Waals surface area contributed by atoms with Crippen molar-refractivity contribution in [1.29, 1.82) is 0 Å². The van der Waals surface area contributed by atoms with Crippen molar-refractivity contribution in [3.63, 3.8) is 0 Å². The van der Waals surface area contributed by atoms with Crippen LogP contribution in [0.4, 0.5) is 10.1 Å². The molecule has 0 radical (unpaired) electrons. The van der Waals surface area contributed by atoms with E-state index in [1.165, 1.54) is 6.07 Å². The Balaban J connectivity index is 1.53. The number of carbonyl (C=O) groups is 1. The first-order chi connectivity index (χ1) is 12.4. The molecule has 2 fully saturated rings. The number of para-hydroxylation sites is 1. The lowest BCUT2D eigenvalue weighted by atomic mass is 10.2. The summed E-state index contributed by atoms with van der Waals surface area (Å²) in [6.45, 7) is 5.39. The molecular weight excluding hydrogens is 357 g/mol. The molecule has 1 amide bonds. The van der Waals surface area contributed by atoms with Gasteiger partial charge < -0.3 is 9.80 Å². The maximum Gasteiger partial charge on any atom is 0.237 e. The predicted molar refractivity (Wildman–Crippen MR) is 99.5 cm³/mol. The summed E-state index contributed by atoms with van der Waals surface area (Å²) in [5, 5.41) is 0. The Hall–Kier alpha value is -1.67. The number of nitrogens with zero attached hydrogens (tertiary/aromatic N) is 3. The molecule has 1 aromatic carbocycles. The molecular formula is C18H26FN3O3S. The second kappa shape index (κ2) is 7.92. The number of rotatable bonds is 5. The van der Waals surface area contributed by atoms with Gasteiger partial charge in [0.25, 0.3) is 0 Å². The Morgan fingerprint density at radius 1 is 1.23 bits per heavy atom. The Labute approximate surface area is 154 Å². The lowest BCUT2D eigenvalue weighted by molar-refractivity contribution is -0.134. The van der Waals surface area contributed by atoms with Crippen LogP contribution in [0.3, 0.4) is 0 Å². The monoisotopic (exact) mass is 383 g/mol. The zero-order chi connectivity index (χ0) is 18.7. The average molecular weight is 383 g/mol. The number of halogens is 1. The highest BCUT2D eigenvalue weighted by Gasteiger charge is 2.34. The highest BCUT2D eigenvalue weighted by atomic mass is 32.2. The fourth-order valence-electron chi connectivity index (χ4n) is 3.80. The topological polar surface area (TPSA) is 60.9 Å². The van der Waals surface area contributed by atoms with Crippen LogP contribution in [0.2, 0.25) is 0 Å². The summed E-state index contributed by atoms with van der Waals surface area (Å²) < 4.78 is 37.3. The fourth-order valence-corrected chi connectivity index (χ4v) is 5.53. The van der Waals surface area contributed by atoms with Gasteiger partial charge in [-0.3, -0.25) is 9.69 Å². The Morgan fingerprint density at radius 3 is 2.50 bits per heavy atom. The number of amides is 1. The van der Waals surface area contributed by atoms with E-state index in [4.69, 9.17) is 0 Å². The van der Waals surface area contributed by atoms with Gasteiger partial charge in [-0.15, -0.1) is 0 Å². The highest BCUT2D eigenvalue weighted by Crippen LogP contribution is 2.21. The molecule has 3 rings (SSSR count). The minimum atomic E-state index is -3.01. The molecule has 1 atom stereocenters. The van der Waals surface area contributed by atoms with E-state index in [-0.39, 0.29) is 35.8 Å². The first kappa shape index (κ1) is 19.1. The van der Waals surface area contributed by atoms with E-state index in [1.54, 1.807) is 17.0 Å². The Morgan fingerprint density at radius 2 is 1.92 bits per heavy atom. The van der Waals surface area contributed by atoms with Crippen LogP contribution < -0.4 is 4.90 Å². The minimum absolute atomic E-state index is 0.0195. The van der Waals surface area contributed by atoms with E-state index in [9.17, 15) is 17.6 Å². The molecule has 2 saturated heterocycles. The summed E-state index contributed by atoms with van der Waals surface area (Å²) in [5.41, 5.74) is 0.602. The number of hydrogen-bond acceptors (Lipinski definition) is 5. The molecule has 26 heavy (non-hydrogen) atoms. The summed E-state index contributed by atoms with van der Waals surface area (Å²) in [5.74, 6) is 0.00159. The summed E-state index contributed by atoms with van der Waals surface area (Å²) in [6, 6.07) is 6.53. The van der Waals surface area contributed by atoms with Gasteiger partial charge in [0.15, 0.2) is 9.84 Å². The van der Waals surface area contributed by atoms with Crippen LogP contribution in [0.25, 0.3) is 0 Å². The molecule has 1 unspecified atom stereocenters. The van der Waals surface area contributed by atoms with Gasteiger partial charge in [0.05, 0.1) is 23.7 Å². The Kier molecular flexibility index (Phi) is 5.82. The van der Waals surface area contributed by atoms with Crippen molar-refractivity contribution in [3.05, 3.63) is 30.1 Å². The standard InChI is InChI=1S/C18H26FN3O3S/c1-2-22(15-7-12-26(24,25)14-15)18(23)13-20-8-10-21(11-9-20)17-6-4-3-5-16(17)19/h3-6,15H,2,7-14H2,1H3. The van der Waals surface area contributed by atoms with Gasteiger partial charge >= 0.3 is 0 Å². The van der Waals surface area contributed by atoms with E-state index in [0.717, 1.165) is 0 Å². The average Bonchev–Trinajstić information content (AvgIpc) is 2.96. The van der Waals surface area contributed by atoms with E-state index in [1.807, 2.05) is 17.9 Å². The van der Waals surface area contributed by atoms with E-state index in [0.29, 0.717) is 44.8 Å². The smallest absolute Gasteiger partial charge is 0.237 e. The second-order valence-electron chi connectivity index (χ2n) is 6.95. The molecule has 0 saturated carbocycles. The molecule has 6 nitrogen and oxygen atoms in total. The number of benzene rings is 1. The van der Waals surface area contributed by atoms with Crippen molar-refractivity contribution in [2.75, 3.05) is 55.7 Å². The number of piperazine rings is 1. The van der Waals surface area contributed by atoms with Crippen LogP contribution in [0, 0.1) is 5.82 Å². The van der Waals surface area contributed by atoms with Crippen LogP contribution >= 0.6 is 0 Å². The van der Waals surface area contributed by atoms with Crippen LogP contribution in [0.5, 0.6) is 0 Å². The van der Waals surface area contributed by atoms with E-state index in [2.05, 4.69) is 4.90 Å². The Bertz CT molecular complexity index is 748. The number of sulfone groups is 1. The van der Waals surface area contributed by atoms with E-state index < -0.39 is 9.84 Å². The predicted octanol–water partition coefficient (Wildman–Crippen LogP) is 0.983. The van der Waals surface area contributed by atoms with Crippen LogP contribution in [-0.4, -0.2) is 80.9 Å². The summed E-state index contributed by atoms with van der Waals surface area (Å²) in [7, 11) is -3.01. The molecule has 2 aliphatic heterocycles. The zero-order valence-corrected chi connectivity index (χ0v) is 15.9. The molecule has 8 heteroatoms. The van der Waals surface area contributed by atoms with Crippen molar-refractivity contribution in [2.24, 2.45) is 0 Å². The van der Waals surface area contributed by atoms with Crippen molar-refractivity contribution >= 4 is 21.4 Å². The van der Waals surface area contributed by atoms with Crippen molar-refractivity contribution in [1.82, 2.24) is 9.80 Å². The first-order valence-corrected chi connectivity index (χ1v) is 10.9. The third-order valence-corrected chi connectivity index (χ3v) is 6.98. The van der Waals surface area contributed by atoms with Crippen LogP contribution in [0.15, 0.2) is 24.3 Å². The van der Waals surface area contributed by atoms with E-state index >= 15 is 0 Å². The molecule has 0 bridgehead atoms. The normalized spacial score (nSPS) is 23.2. The largest absolute Gasteiger partial charge is 0.367 e. The molecule has 2 heterocycles.